The van der Waals surface area contributed by atoms with Gasteiger partial charge >= 0.3 is 0 Å². The Kier molecular flexibility index (Phi) is 4.39. The van der Waals surface area contributed by atoms with Gasteiger partial charge in [0.25, 0.3) is 5.91 Å². The van der Waals surface area contributed by atoms with E-state index >= 15 is 0 Å². The smallest absolute Gasteiger partial charge is 0.290 e. The van der Waals surface area contributed by atoms with Crippen LogP contribution in [0.1, 0.15) is 28.2 Å². The number of hydrogen-bond donors (Lipinski definition) is 0. The van der Waals surface area contributed by atoms with Gasteiger partial charge in [0.2, 0.25) is 5.88 Å². The van der Waals surface area contributed by atoms with E-state index in [4.69, 9.17) is 9.15 Å². The van der Waals surface area contributed by atoms with Gasteiger partial charge in [0.15, 0.2) is 5.76 Å². The number of aryl methyl sites for hydroxylation is 2. The highest BCUT2D eigenvalue weighted by atomic mass is 16.5. The Balaban J connectivity index is 1.58. The molecule has 1 atom stereocenters. The van der Waals surface area contributed by atoms with Crippen molar-refractivity contribution in [1.82, 2.24) is 24.6 Å². The summed E-state index contributed by atoms with van der Waals surface area (Å²) in [4.78, 5) is 23.0. The van der Waals surface area contributed by atoms with Gasteiger partial charge in [0.1, 0.15) is 6.61 Å². The number of amides is 1. The molecule has 4 heterocycles. The highest BCUT2D eigenvalue weighted by Crippen LogP contribution is 2.22. The molecule has 8 heteroatoms. The van der Waals surface area contributed by atoms with Crippen molar-refractivity contribution in [1.29, 1.82) is 0 Å². The first-order valence-corrected chi connectivity index (χ1v) is 8.47. The summed E-state index contributed by atoms with van der Waals surface area (Å²) in [6.45, 7) is 3.37. The minimum absolute atomic E-state index is 0.129. The summed E-state index contributed by atoms with van der Waals surface area (Å²) in [5.41, 5.74) is 1.81. The molecule has 134 valence electrons. The number of rotatable bonds is 4. The average molecular weight is 353 g/mol. The molecule has 0 fully saturated rings. The van der Waals surface area contributed by atoms with Crippen molar-refractivity contribution in [2.24, 2.45) is 0 Å². The molecule has 3 aromatic heterocycles. The number of carbonyl (C=O) groups is 1. The van der Waals surface area contributed by atoms with E-state index in [9.17, 15) is 4.79 Å². The van der Waals surface area contributed by atoms with E-state index in [1.165, 1.54) is 6.26 Å². The Labute approximate surface area is 150 Å². The molecule has 1 amide bonds. The Morgan fingerprint density at radius 1 is 1.35 bits per heavy atom. The molecule has 8 nitrogen and oxygen atoms in total. The zero-order chi connectivity index (χ0) is 17.9. The fourth-order valence-electron chi connectivity index (χ4n) is 3.10. The molecule has 3 aromatic rings. The van der Waals surface area contributed by atoms with Gasteiger partial charge in [-0.2, -0.15) is 5.10 Å². The van der Waals surface area contributed by atoms with Crippen LogP contribution < -0.4 is 4.74 Å². The first kappa shape index (κ1) is 16.3. The van der Waals surface area contributed by atoms with Crippen LogP contribution in [0.4, 0.5) is 0 Å². The zero-order valence-electron chi connectivity index (χ0n) is 14.4. The molecular weight excluding hydrogens is 334 g/mol. The number of fused-ring (bicyclic) bond motifs is 1. The van der Waals surface area contributed by atoms with Crippen LogP contribution in [-0.4, -0.2) is 43.2 Å². The van der Waals surface area contributed by atoms with Gasteiger partial charge in [-0.1, -0.05) is 0 Å². The van der Waals surface area contributed by atoms with E-state index in [-0.39, 0.29) is 11.9 Å². The van der Waals surface area contributed by atoms with E-state index in [1.54, 1.807) is 35.8 Å². The summed E-state index contributed by atoms with van der Waals surface area (Å²) in [6, 6.07) is 3.59. The molecule has 0 N–H and O–H groups in total. The second-order valence-corrected chi connectivity index (χ2v) is 6.21. The maximum absolute atomic E-state index is 13.1. The molecule has 0 radical (unpaired) electrons. The number of ether oxygens (including phenoxy) is 1. The lowest BCUT2D eigenvalue weighted by Crippen LogP contribution is -2.42. The summed E-state index contributed by atoms with van der Waals surface area (Å²) in [5, 5.41) is 4.34. The molecule has 0 spiro atoms. The molecular formula is C18H19N5O3. The highest BCUT2D eigenvalue weighted by molar-refractivity contribution is 5.93. The molecule has 0 saturated heterocycles. The van der Waals surface area contributed by atoms with Crippen molar-refractivity contribution < 1.29 is 13.9 Å². The largest absolute Gasteiger partial charge is 0.474 e. The Hall–Kier alpha value is -3.16. The number of hydrogen-bond acceptors (Lipinski definition) is 6. The minimum atomic E-state index is -0.144. The average Bonchev–Trinajstić information content (AvgIpc) is 3.25. The Morgan fingerprint density at radius 3 is 3.04 bits per heavy atom. The van der Waals surface area contributed by atoms with Gasteiger partial charge in [-0.05, 0) is 25.5 Å². The SMILES string of the molecule is Cc1ccoc1C(=O)N1Cc2ccnn2CCC1COc1cnccn1. The van der Waals surface area contributed by atoms with Crippen molar-refractivity contribution in [3.8, 4) is 5.88 Å². The quantitative estimate of drug-likeness (QED) is 0.714. The fraction of sp³-hybridized carbons (Fsp3) is 0.333. The molecule has 4 rings (SSSR count). The van der Waals surface area contributed by atoms with Crippen LogP contribution in [0.25, 0.3) is 0 Å². The van der Waals surface area contributed by atoms with Gasteiger partial charge < -0.3 is 14.1 Å². The van der Waals surface area contributed by atoms with Crippen molar-refractivity contribution in [2.75, 3.05) is 6.61 Å². The standard InChI is InChI=1S/C18H19N5O3/c1-13-4-9-25-17(13)18(24)22-11-14-2-5-21-23(14)8-3-15(22)12-26-16-10-19-6-7-20-16/h2,4-7,9-10,15H,3,8,11-12H2,1H3. The Bertz CT molecular complexity index is 889. The minimum Gasteiger partial charge on any atom is -0.474 e. The molecule has 0 bridgehead atoms. The second-order valence-electron chi connectivity index (χ2n) is 6.21. The summed E-state index contributed by atoms with van der Waals surface area (Å²) in [6.07, 6.45) is 8.74. The summed E-state index contributed by atoms with van der Waals surface area (Å²) in [5.74, 6) is 0.661. The third kappa shape index (κ3) is 3.17. The van der Waals surface area contributed by atoms with E-state index in [0.29, 0.717) is 24.8 Å². The molecule has 0 saturated carbocycles. The summed E-state index contributed by atoms with van der Waals surface area (Å²) in [7, 11) is 0. The number of furan rings is 1. The van der Waals surface area contributed by atoms with Gasteiger partial charge in [0, 0.05) is 30.7 Å². The highest BCUT2D eigenvalue weighted by Gasteiger charge is 2.31. The zero-order valence-corrected chi connectivity index (χ0v) is 14.4. The van der Waals surface area contributed by atoms with Crippen molar-refractivity contribution in [3.05, 3.63) is 60.2 Å². The van der Waals surface area contributed by atoms with Crippen molar-refractivity contribution in [3.63, 3.8) is 0 Å². The van der Waals surface area contributed by atoms with Gasteiger partial charge in [-0.3, -0.25) is 14.5 Å². The maximum Gasteiger partial charge on any atom is 0.290 e. The third-order valence-electron chi connectivity index (χ3n) is 4.53. The number of nitrogens with zero attached hydrogens (tertiary/aromatic N) is 5. The lowest BCUT2D eigenvalue weighted by Gasteiger charge is -2.29. The number of aromatic nitrogens is 4. The normalized spacial score (nSPS) is 16.8. The van der Waals surface area contributed by atoms with Crippen LogP contribution in [0.15, 0.2) is 47.6 Å². The van der Waals surface area contributed by atoms with Crippen LogP contribution >= 0.6 is 0 Å². The van der Waals surface area contributed by atoms with Gasteiger partial charge in [-0.15, -0.1) is 0 Å². The summed E-state index contributed by atoms with van der Waals surface area (Å²) >= 11 is 0. The third-order valence-corrected chi connectivity index (χ3v) is 4.53. The molecule has 0 aromatic carbocycles. The van der Waals surface area contributed by atoms with E-state index < -0.39 is 0 Å². The number of carbonyl (C=O) groups excluding carboxylic acids is 1. The van der Waals surface area contributed by atoms with Gasteiger partial charge in [0.05, 0.1) is 30.7 Å². The van der Waals surface area contributed by atoms with E-state index in [1.807, 2.05) is 17.7 Å². The predicted molar refractivity (Wildman–Crippen MR) is 91.5 cm³/mol. The monoisotopic (exact) mass is 353 g/mol. The first-order valence-electron chi connectivity index (χ1n) is 8.47. The van der Waals surface area contributed by atoms with Crippen LogP contribution in [0.5, 0.6) is 5.88 Å². The van der Waals surface area contributed by atoms with Crippen LogP contribution in [0.2, 0.25) is 0 Å². The fourth-order valence-corrected chi connectivity index (χ4v) is 3.10. The van der Waals surface area contributed by atoms with Crippen molar-refractivity contribution >= 4 is 5.91 Å². The molecule has 1 unspecified atom stereocenters. The molecule has 26 heavy (non-hydrogen) atoms. The van der Waals surface area contributed by atoms with Gasteiger partial charge in [-0.25, -0.2) is 4.98 Å². The topological polar surface area (TPSA) is 86.3 Å². The first-order chi connectivity index (χ1) is 12.7. The van der Waals surface area contributed by atoms with E-state index in [2.05, 4.69) is 15.1 Å². The molecule has 1 aliphatic rings. The maximum atomic E-state index is 13.1. The second kappa shape index (κ2) is 6.99. The predicted octanol–water partition coefficient (Wildman–Crippen LogP) is 2.07. The molecule has 1 aliphatic heterocycles. The van der Waals surface area contributed by atoms with Crippen molar-refractivity contribution in [2.45, 2.75) is 32.5 Å². The lowest BCUT2D eigenvalue weighted by molar-refractivity contribution is 0.0552. The Morgan fingerprint density at radius 2 is 2.27 bits per heavy atom. The lowest BCUT2D eigenvalue weighted by atomic mass is 10.1. The summed E-state index contributed by atoms with van der Waals surface area (Å²) < 4.78 is 13.1. The molecule has 0 aliphatic carbocycles. The van der Waals surface area contributed by atoms with Crippen LogP contribution in [0.3, 0.4) is 0 Å². The van der Waals surface area contributed by atoms with Crippen LogP contribution in [-0.2, 0) is 13.1 Å². The van der Waals surface area contributed by atoms with E-state index in [0.717, 1.165) is 24.2 Å². The van der Waals surface area contributed by atoms with Crippen LogP contribution in [0, 0.1) is 6.92 Å².